The summed E-state index contributed by atoms with van der Waals surface area (Å²) in [6.45, 7) is 0. The fraction of sp³-hybridized carbons (Fsp3) is 0.160. The van der Waals surface area contributed by atoms with E-state index in [-0.39, 0.29) is 32.7 Å². The summed E-state index contributed by atoms with van der Waals surface area (Å²) in [4.78, 5) is 32.0. The first kappa shape index (κ1) is 24.4. The van der Waals surface area contributed by atoms with E-state index < -0.39 is 23.5 Å². The molecule has 0 saturated carbocycles. The fourth-order valence-electron chi connectivity index (χ4n) is 3.99. The first-order valence-corrected chi connectivity index (χ1v) is 11.0. The number of rotatable bonds is 6. The van der Waals surface area contributed by atoms with Gasteiger partial charge in [0.25, 0.3) is 11.7 Å². The lowest BCUT2D eigenvalue weighted by atomic mass is 9.95. The van der Waals surface area contributed by atoms with Gasteiger partial charge in [0.05, 0.1) is 43.5 Å². The lowest BCUT2D eigenvalue weighted by molar-refractivity contribution is -0.132. The number of amides is 1. The Balaban J connectivity index is 1.98. The first-order chi connectivity index (χ1) is 16.8. The van der Waals surface area contributed by atoms with Gasteiger partial charge >= 0.3 is 0 Å². The van der Waals surface area contributed by atoms with E-state index in [0.29, 0.717) is 17.0 Å². The molecule has 0 aliphatic carbocycles. The Morgan fingerprint density at radius 1 is 1.00 bits per heavy atom. The van der Waals surface area contributed by atoms with Crippen LogP contribution < -0.4 is 19.1 Å². The molecular weight excluding hydrogens is 495 g/mol. The summed E-state index contributed by atoms with van der Waals surface area (Å²) in [7, 11) is 4.25. The number of aromatic nitrogens is 1. The molecule has 1 aromatic heterocycles. The number of halogens is 2. The smallest absolute Gasteiger partial charge is 0.300 e. The van der Waals surface area contributed by atoms with Crippen molar-refractivity contribution in [1.82, 2.24) is 4.98 Å². The van der Waals surface area contributed by atoms with Crippen LogP contribution in [0.3, 0.4) is 0 Å². The number of hydrogen-bond acceptors (Lipinski definition) is 7. The predicted octanol–water partition coefficient (Wildman–Crippen LogP) is 5.04. The van der Waals surface area contributed by atoms with Crippen molar-refractivity contribution in [1.29, 1.82) is 0 Å². The van der Waals surface area contributed by atoms with Crippen molar-refractivity contribution in [2.24, 2.45) is 0 Å². The van der Waals surface area contributed by atoms with Gasteiger partial charge in [0.2, 0.25) is 0 Å². The number of carbonyl (C=O) groups is 2. The van der Waals surface area contributed by atoms with E-state index in [0.717, 1.165) is 0 Å². The number of ketones is 1. The Morgan fingerprint density at radius 3 is 2.26 bits per heavy atom. The van der Waals surface area contributed by atoms with Crippen molar-refractivity contribution in [2.75, 3.05) is 26.2 Å². The molecule has 0 spiro atoms. The number of carbonyl (C=O) groups excluding carboxylic acids is 2. The van der Waals surface area contributed by atoms with Gasteiger partial charge < -0.3 is 19.3 Å². The molecule has 10 heteroatoms. The van der Waals surface area contributed by atoms with Crippen LogP contribution in [-0.4, -0.2) is 43.1 Å². The van der Waals surface area contributed by atoms with E-state index >= 15 is 0 Å². The second-order valence-corrected chi connectivity index (χ2v) is 8.23. The van der Waals surface area contributed by atoms with Gasteiger partial charge in [-0.3, -0.25) is 19.5 Å². The van der Waals surface area contributed by atoms with Crippen LogP contribution in [-0.2, 0) is 9.59 Å². The van der Waals surface area contributed by atoms with E-state index in [4.69, 9.17) is 37.4 Å². The van der Waals surface area contributed by atoms with Crippen molar-refractivity contribution in [3.63, 3.8) is 0 Å². The lowest BCUT2D eigenvalue weighted by Crippen LogP contribution is -2.29. The van der Waals surface area contributed by atoms with Gasteiger partial charge in [-0.05, 0) is 42.0 Å². The molecule has 35 heavy (non-hydrogen) atoms. The van der Waals surface area contributed by atoms with Crippen molar-refractivity contribution < 1.29 is 28.9 Å². The van der Waals surface area contributed by atoms with E-state index in [9.17, 15) is 14.7 Å². The summed E-state index contributed by atoms with van der Waals surface area (Å²) in [5.41, 5.74) is 0.798. The zero-order valence-electron chi connectivity index (χ0n) is 18.9. The number of nitrogens with zero attached hydrogens (tertiary/aromatic N) is 2. The van der Waals surface area contributed by atoms with Gasteiger partial charge in [-0.25, -0.2) is 0 Å². The highest BCUT2D eigenvalue weighted by molar-refractivity contribution is 6.52. The van der Waals surface area contributed by atoms with Crippen LogP contribution in [0.4, 0.5) is 5.69 Å². The molecule has 2 heterocycles. The van der Waals surface area contributed by atoms with Gasteiger partial charge in [0, 0.05) is 18.1 Å². The second kappa shape index (κ2) is 9.85. The van der Waals surface area contributed by atoms with Crippen LogP contribution in [0.25, 0.3) is 5.76 Å². The molecule has 4 rings (SSSR count). The molecule has 180 valence electrons. The highest BCUT2D eigenvalue weighted by Crippen LogP contribution is 2.48. The summed E-state index contributed by atoms with van der Waals surface area (Å²) < 4.78 is 15.8. The molecule has 1 N–H and O–H groups in total. The number of pyridine rings is 1. The largest absolute Gasteiger partial charge is 0.507 e. The van der Waals surface area contributed by atoms with Gasteiger partial charge in [-0.1, -0.05) is 29.3 Å². The maximum Gasteiger partial charge on any atom is 0.300 e. The SMILES string of the molecule is COc1ccc(N2C(=O)C(=O)/C(=C(/O)c3cc(Cl)c(OC)c(Cl)c3OC)C2c2cccnc2)cc1. The quantitative estimate of drug-likeness (QED) is 0.279. The van der Waals surface area contributed by atoms with Crippen molar-refractivity contribution in [2.45, 2.75) is 6.04 Å². The number of Topliss-reactive ketones (excluding diaryl/α,β-unsaturated/α-hetero) is 1. The number of anilines is 1. The Hall–Kier alpha value is -3.75. The number of aliphatic hydroxyl groups is 1. The fourth-order valence-corrected chi connectivity index (χ4v) is 4.67. The summed E-state index contributed by atoms with van der Waals surface area (Å²) >= 11 is 12.7. The minimum absolute atomic E-state index is 0.00589. The maximum atomic E-state index is 13.3. The Labute approximate surface area is 211 Å². The molecule has 1 aliphatic heterocycles. The van der Waals surface area contributed by atoms with Gasteiger partial charge in [0.1, 0.15) is 16.5 Å². The summed E-state index contributed by atoms with van der Waals surface area (Å²) in [5.74, 6) is -1.46. The van der Waals surface area contributed by atoms with E-state index in [1.807, 2.05) is 0 Å². The maximum absolute atomic E-state index is 13.3. The molecule has 8 nitrogen and oxygen atoms in total. The average molecular weight is 515 g/mol. The molecule has 3 aromatic rings. The predicted molar refractivity (Wildman–Crippen MR) is 132 cm³/mol. The molecule has 1 saturated heterocycles. The lowest BCUT2D eigenvalue weighted by Gasteiger charge is -2.25. The third kappa shape index (κ3) is 4.15. The van der Waals surface area contributed by atoms with Crippen LogP contribution in [0.5, 0.6) is 17.2 Å². The number of methoxy groups -OCH3 is 3. The van der Waals surface area contributed by atoms with E-state index in [1.165, 1.54) is 38.5 Å². The Bertz CT molecular complexity index is 1330. The third-order valence-electron chi connectivity index (χ3n) is 5.59. The highest BCUT2D eigenvalue weighted by atomic mass is 35.5. The number of ether oxygens (including phenoxy) is 3. The minimum atomic E-state index is -0.985. The van der Waals surface area contributed by atoms with Crippen molar-refractivity contribution in [3.05, 3.63) is 81.6 Å². The summed E-state index contributed by atoms with van der Waals surface area (Å²) in [6.07, 6.45) is 3.08. The summed E-state index contributed by atoms with van der Waals surface area (Å²) in [5, 5.41) is 11.5. The molecule has 0 bridgehead atoms. The van der Waals surface area contributed by atoms with Crippen LogP contribution >= 0.6 is 23.2 Å². The number of benzene rings is 2. The van der Waals surface area contributed by atoms with Crippen LogP contribution in [0.15, 0.2) is 60.4 Å². The van der Waals surface area contributed by atoms with Crippen molar-refractivity contribution >= 4 is 46.3 Å². The Kier molecular flexibility index (Phi) is 6.86. The molecule has 0 radical (unpaired) electrons. The number of aliphatic hydroxyl groups excluding tert-OH is 1. The first-order valence-electron chi connectivity index (χ1n) is 10.3. The number of hydrogen-bond donors (Lipinski definition) is 1. The molecule has 1 fully saturated rings. The van der Waals surface area contributed by atoms with Crippen molar-refractivity contribution in [3.8, 4) is 17.2 Å². The molecule has 2 aromatic carbocycles. The molecule has 1 amide bonds. The van der Waals surface area contributed by atoms with E-state index in [2.05, 4.69) is 4.98 Å². The Morgan fingerprint density at radius 2 is 1.69 bits per heavy atom. The molecule has 1 aliphatic rings. The standard InChI is InChI=1S/C25H20Cl2N2O6/c1-33-15-8-6-14(7-9-15)29-20(13-5-4-10-28-12-13)18(22(31)25(29)32)21(30)16-11-17(26)24(35-3)19(27)23(16)34-2/h4-12,20,30H,1-3H3/b21-18+. The van der Waals surface area contributed by atoms with Gasteiger partial charge in [-0.2, -0.15) is 0 Å². The normalized spacial score (nSPS) is 16.9. The van der Waals surface area contributed by atoms with Crippen LogP contribution in [0, 0.1) is 0 Å². The van der Waals surface area contributed by atoms with Crippen LogP contribution in [0.2, 0.25) is 10.0 Å². The molecule has 1 unspecified atom stereocenters. The zero-order valence-corrected chi connectivity index (χ0v) is 20.4. The second-order valence-electron chi connectivity index (χ2n) is 7.44. The van der Waals surface area contributed by atoms with Crippen LogP contribution in [0.1, 0.15) is 17.2 Å². The minimum Gasteiger partial charge on any atom is -0.507 e. The topological polar surface area (TPSA) is 98.2 Å². The average Bonchev–Trinajstić information content (AvgIpc) is 3.14. The molecule has 1 atom stereocenters. The highest BCUT2D eigenvalue weighted by Gasteiger charge is 2.47. The van der Waals surface area contributed by atoms with E-state index in [1.54, 1.807) is 42.6 Å². The zero-order chi connectivity index (χ0) is 25.3. The molecular formula is C25H20Cl2N2O6. The monoisotopic (exact) mass is 514 g/mol. The van der Waals surface area contributed by atoms with Gasteiger partial charge in [0.15, 0.2) is 11.5 Å². The third-order valence-corrected chi connectivity index (χ3v) is 6.21. The van der Waals surface area contributed by atoms with Gasteiger partial charge in [-0.15, -0.1) is 0 Å². The summed E-state index contributed by atoms with van der Waals surface area (Å²) in [6, 6.07) is 10.4.